The van der Waals surface area contributed by atoms with Crippen LogP contribution in [0.2, 0.25) is 0 Å². The summed E-state index contributed by atoms with van der Waals surface area (Å²) in [6.45, 7) is 2.05. The largest absolute Gasteiger partial charge is 0.483 e. The molecule has 3 N–H and O–H groups in total. The van der Waals surface area contributed by atoms with Gasteiger partial charge in [0.25, 0.3) is 6.47 Å². The first-order chi connectivity index (χ1) is 13.6. The predicted molar refractivity (Wildman–Crippen MR) is 103 cm³/mol. The number of hydrogen-bond donors (Lipinski definition) is 3. The number of nitrogens with zero attached hydrogens (tertiary/aromatic N) is 2. The summed E-state index contributed by atoms with van der Waals surface area (Å²) in [5, 5.41) is 26.0. The van der Waals surface area contributed by atoms with Gasteiger partial charge in [0.2, 0.25) is 5.91 Å². The van der Waals surface area contributed by atoms with Gasteiger partial charge in [-0.15, -0.1) is 11.3 Å². The highest BCUT2D eigenvalue weighted by atomic mass is 32.1. The van der Waals surface area contributed by atoms with E-state index >= 15 is 0 Å². The number of aromatic nitrogens is 1. The van der Waals surface area contributed by atoms with E-state index in [0.717, 1.165) is 54.1 Å². The van der Waals surface area contributed by atoms with E-state index in [0.29, 0.717) is 19.5 Å². The molecule has 1 fully saturated rings. The van der Waals surface area contributed by atoms with Gasteiger partial charge < -0.3 is 20.1 Å². The van der Waals surface area contributed by atoms with Crippen LogP contribution in [-0.2, 0) is 35.4 Å². The van der Waals surface area contributed by atoms with E-state index in [1.54, 1.807) is 11.3 Å². The van der Waals surface area contributed by atoms with Gasteiger partial charge in [0.05, 0.1) is 12.5 Å². The van der Waals surface area contributed by atoms with Gasteiger partial charge in [-0.3, -0.25) is 14.5 Å². The number of fused-ring (bicyclic) bond motifs is 1. The molecule has 4 rings (SSSR count). The van der Waals surface area contributed by atoms with Gasteiger partial charge in [-0.05, 0) is 30.7 Å². The number of rotatable bonds is 5. The molecule has 0 spiro atoms. The van der Waals surface area contributed by atoms with Crippen molar-refractivity contribution in [3.8, 4) is 0 Å². The topological polar surface area (TPSA) is 116 Å². The first-order valence-corrected chi connectivity index (χ1v) is 10.2. The first kappa shape index (κ1) is 20.5. The van der Waals surface area contributed by atoms with Crippen molar-refractivity contribution in [2.75, 3.05) is 13.1 Å². The number of amides is 1. The van der Waals surface area contributed by atoms with Gasteiger partial charge in [-0.25, -0.2) is 0 Å². The quantitative estimate of drug-likeness (QED) is 0.638. The Morgan fingerprint density at radius 3 is 2.96 bits per heavy atom. The van der Waals surface area contributed by atoms with E-state index < -0.39 is 0 Å². The van der Waals surface area contributed by atoms with Crippen molar-refractivity contribution >= 4 is 23.7 Å². The molecule has 1 saturated heterocycles. The molecule has 8 nitrogen and oxygen atoms in total. The molecule has 0 radical (unpaired) electrons. The van der Waals surface area contributed by atoms with Crippen molar-refractivity contribution in [2.24, 2.45) is 0 Å². The van der Waals surface area contributed by atoms with E-state index in [1.165, 1.54) is 0 Å². The number of aryl methyl sites for hydroxylation is 1. The third kappa shape index (κ3) is 5.40. The molecule has 2 aromatic heterocycles. The fourth-order valence-corrected chi connectivity index (χ4v) is 4.43. The number of likely N-dealkylation sites (tertiary alicyclic amines) is 1. The zero-order chi connectivity index (χ0) is 19.9. The Morgan fingerprint density at radius 1 is 1.46 bits per heavy atom. The fraction of sp³-hybridized carbons (Fsp3) is 0.526. The van der Waals surface area contributed by atoms with Crippen LogP contribution in [0.1, 0.15) is 34.7 Å². The minimum absolute atomic E-state index is 0.0802. The second-order valence-corrected chi connectivity index (χ2v) is 8.11. The number of nitrogens with one attached hydrogen (secondary N) is 1. The van der Waals surface area contributed by atoms with Crippen molar-refractivity contribution in [3.63, 3.8) is 0 Å². The van der Waals surface area contributed by atoms with Gasteiger partial charge >= 0.3 is 0 Å². The van der Waals surface area contributed by atoms with E-state index in [1.807, 2.05) is 17.5 Å². The number of thiophene rings is 1. The molecule has 1 amide bonds. The van der Waals surface area contributed by atoms with Crippen LogP contribution in [0.25, 0.3) is 0 Å². The Kier molecular flexibility index (Phi) is 7.18. The molecule has 1 aliphatic heterocycles. The van der Waals surface area contributed by atoms with Crippen molar-refractivity contribution in [3.05, 3.63) is 39.4 Å². The Labute approximate surface area is 167 Å². The van der Waals surface area contributed by atoms with E-state index in [4.69, 9.17) is 14.4 Å². The molecule has 2 atom stereocenters. The third-order valence-corrected chi connectivity index (χ3v) is 5.90. The summed E-state index contributed by atoms with van der Waals surface area (Å²) in [6, 6.07) is 4.10. The van der Waals surface area contributed by atoms with Crippen LogP contribution in [-0.4, -0.2) is 57.9 Å². The van der Waals surface area contributed by atoms with Gasteiger partial charge in [-0.1, -0.05) is 11.2 Å². The first-order valence-electron chi connectivity index (χ1n) is 9.35. The Morgan fingerprint density at radius 2 is 2.29 bits per heavy atom. The van der Waals surface area contributed by atoms with E-state index in [-0.39, 0.29) is 24.5 Å². The molecule has 9 heteroatoms. The Balaban J connectivity index is 0.000000706. The number of carbonyl (C=O) groups is 2. The monoisotopic (exact) mass is 407 g/mol. The molecular formula is C19H25N3O5S. The number of aliphatic hydroxyl groups is 1. The van der Waals surface area contributed by atoms with Crippen molar-refractivity contribution in [2.45, 2.75) is 50.8 Å². The maximum absolute atomic E-state index is 12.2. The normalized spacial score (nSPS) is 21.5. The molecular weight excluding hydrogens is 382 g/mol. The van der Waals surface area contributed by atoms with Crippen LogP contribution in [0.4, 0.5) is 0 Å². The number of β-amino-alcohol motifs (C(OH)–C–C–N with tert-alkyl or cyclic N) is 1. The zero-order valence-electron chi connectivity index (χ0n) is 15.5. The highest BCUT2D eigenvalue weighted by Crippen LogP contribution is 2.26. The maximum atomic E-state index is 12.2. The average Bonchev–Trinajstić information content (AvgIpc) is 3.39. The lowest BCUT2D eigenvalue weighted by atomic mass is 9.92. The summed E-state index contributed by atoms with van der Waals surface area (Å²) in [5.74, 6) is 1.04. The number of carbonyl (C=O) groups excluding carboxylic acids is 1. The lowest BCUT2D eigenvalue weighted by Gasteiger charge is -2.23. The summed E-state index contributed by atoms with van der Waals surface area (Å²) in [5.41, 5.74) is 2.11. The summed E-state index contributed by atoms with van der Waals surface area (Å²) in [4.78, 5) is 23.9. The molecule has 3 heterocycles. The smallest absolute Gasteiger partial charge is 0.290 e. The number of hydrogen-bond acceptors (Lipinski definition) is 7. The van der Waals surface area contributed by atoms with Crippen LogP contribution >= 0.6 is 11.3 Å². The number of aliphatic hydroxyl groups excluding tert-OH is 1. The Hall–Kier alpha value is -2.23. The fourth-order valence-electron chi connectivity index (χ4n) is 3.73. The van der Waals surface area contributed by atoms with E-state index in [9.17, 15) is 9.90 Å². The second kappa shape index (κ2) is 9.81. The lowest BCUT2D eigenvalue weighted by Crippen LogP contribution is -2.39. The van der Waals surface area contributed by atoms with Crippen molar-refractivity contribution in [1.82, 2.24) is 15.4 Å². The maximum Gasteiger partial charge on any atom is 0.290 e. The number of carboxylic acid groups (broad SMARTS) is 1. The molecule has 0 saturated carbocycles. The molecule has 0 bridgehead atoms. The molecule has 2 aromatic rings. The van der Waals surface area contributed by atoms with Crippen molar-refractivity contribution < 1.29 is 24.3 Å². The second-order valence-electron chi connectivity index (χ2n) is 7.08. The van der Waals surface area contributed by atoms with Gasteiger partial charge in [0, 0.05) is 42.5 Å². The zero-order valence-corrected chi connectivity index (χ0v) is 16.4. The third-order valence-electron chi connectivity index (χ3n) is 5.02. The molecule has 2 aliphatic rings. The summed E-state index contributed by atoms with van der Waals surface area (Å²) < 4.78 is 5.51. The molecule has 1 unspecified atom stereocenters. The molecule has 152 valence electrons. The standard InChI is InChI=1S/C18H23N3O3S.CH2O2/c22-13-5-6-21(10-13)11-16-15-8-12(3-4-17(15)24-20-16)19-18(23)9-14-2-1-7-25-14;2-1-3/h1-2,7,12-13,22H,3-6,8-11H2,(H,19,23);1H,(H,2,3)/t12?,13-;/m1./s1. The molecule has 0 aromatic carbocycles. The SMILES string of the molecule is O=C(Cc1cccs1)NC1CCc2onc(CN3CC[C@@H](O)C3)c2C1.O=CO. The van der Waals surface area contributed by atoms with Gasteiger partial charge in [0.1, 0.15) is 11.5 Å². The van der Waals surface area contributed by atoms with Crippen LogP contribution < -0.4 is 5.32 Å². The summed E-state index contributed by atoms with van der Waals surface area (Å²) in [6.07, 6.45) is 3.52. The van der Waals surface area contributed by atoms with Crippen LogP contribution in [0.5, 0.6) is 0 Å². The van der Waals surface area contributed by atoms with Gasteiger partial charge in [-0.2, -0.15) is 0 Å². The average molecular weight is 407 g/mol. The van der Waals surface area contributed by atoms with Gasteiger partial charge in [0.15, 0.2) is 0 Å². The molecule has 1 aliphatic carbocycles. The predicted octanol–water partition coefficient (Wildman–Crippen LogP) is 1.22. The summed E-state index contributed by atoms with van der Waals surface area (Å²) >= 11 is 1.61. The van der Waals surface area contributed by atoms with Crippen molar-refractivity contribution in [1.29, 1.82) is 0 Å². The Bertz CT molecular complexity index is 777. The lowest BCUT2D eigenvalue weighted by molar-refractivity contribution is -0.123. The van der Waals surface area contributed by atoms with Crippen LogP contribution in [0.3, 0.4) is 0 Å². The highest BCUT2D eigenvalue weighted by molar-refractivity contribution is 7.10. The minimum atomic E-state index is -0.250. The van der Waals surface area contributed by atoms with E-state index in [2.05, 4.69) is 15.4 Å². The minimum Gasteiger partial charge on any atom is -0.483 e. The summed E-state index contributed by atoms with van der Waals surface area (Å²) in [7, 11) is 0. The highest BCUT2D eigenvalue weighted by Gasteiger charge is 2.29. The van der Waals surface area contributed by atoms with Crippen LogP contribution in [0.15, 0.2) is 22.0 Å². The van der Waals surface area contributed by atoms with Crippen LogP contribution in [0, 0.1) is 0 Å². The molecule has 28 heavy (non-hydrogen) atoms.